The third-order valence-corrected chi connectivity index (χ3v) is 3.41. The van der Waals surface area contributed by atoms with E-state index in [9.17, 15) is 4.79 Å². The maximum absolute atomic E-state index is 12.4. The summed E-state index contributed by atoms with van der Waals surface area (Å²) in [5, 5.41) is 2.78. The number of rotatable bonds is 3. The molecule has 0 atom stereocenters. The zero-order valence-corrected chi connectivity index (χ0v) is 12.2. The molecule has 1 aromatic heterocycles. The molecule has 0 saturated heterocycles. The monoisotopic (exact) mass is 259 g/mol. The van der Waals surface area contributed by atoms with Crippen molar-refractivity contribution in [1.29, 1.82) is 0 Å². The van der Waals surface area contributed by atoms with Crippen LogP contribution in [0.2, 0.25) is 0 Å². The van der Waals surface area contributed by atoms with Gasteiger partial charge in [0.25, 0.3) is 0 Å². The van der Waals surface area contributed by atoms with Gasteiger partial charge < -0.3 is 4.98 Å². The van der Waals surface area contributed by atoms with Crippen molar-refractivity contribution in [1.82, 2.24) is 15.4 Å². The number of aromatic amines is 1. The molecule has 0 aliphatic heterocycles. The number of aromatic nitrogens is 1. The number of nitrogens with one attached hydrogen (secondary N) is 2. The first-order valence-corrected chi connectivity index (χ1v) is 6.40. The van der Waals surface area contributed by atoms with Crippen molar-refractivity contribution < 1.29 is 4.79 Å². The number of hydrogen-bond acceptors (Lipinski definition) is 2. The van der Waals surface area contributed by atoms with Gasteiger partial charge in [-0.1, -0.05) is 18.2 Å². The van der Waals surface area contributed by atoms with Crippen LogP contribution in [0.4, 0.5) is 0 Å². The molecule has 102 valence electrons. The van der Waals surface area contributed by atoms with Gasteiger partial charge in [-0.3, -0.25) is 10.2 Å². The summed E-state index contributed by atoms with van der Waals surface area (Å²) in [6, 6.07) is 8.08. The lowest BCUT2D eigenvalue weighted by atomic mass is 9.82. The summed E-state index contributed by atoms with van der Waals surface area (Å²) >= 11 is 0. The topological polar surface area (TPSA) is 48.1 Å². The van der Waals surface area contributed by atoms with Gasteiger partial charge in [0.2, 0.25) is 5.91 Å². The molecule has 1 aromatic carbocycles. The van der Waals surface area contributed by atoms with E-state index in [0.717, 1.165) is 22.2 Å². The van der Waals surface area contributed by atoms with E-state index in [4.69, 9.17) is 0 Å². The van der Waals surface area contributed by atoms with Crippen LogP contribution in [0.5, 0.6) is 0 Å². The number of hydrazine groups is 1. The fourth-order valence-corrected chi connectivity index (χ4v) is 2.54. The Morgan fingerprint density at radius 2 is 1.89 bits per heavy atom. The molecular weight excluding hydrogens is 238 g/mol. The van der Waals surface area contributed by atoms with E-state index in [-0.39, 0.29) is 5.91 Å². The zero-order valence-electron chi connectivity index (χ0n) is 12.2. The Kier molecular flexibility index (Phi) is 3.37. The summed E-state index contributed by atoms with van der Waals surface area (Å²) < 4.78 is 0. The number of H-pyrrole nitrogens is 1. The molecule has 0 bridgehead atoms. The largest absolute Gasteiger partial charge is 0.358 e. The molecule has 19 heavy (non-hydrogen) atoms. The zero-order chi connectivity index (χ0) is 14.2. The van der Waals surface area contributed by atoms with Crippen molar-refractivity contribution in [3.63, 3.8) is 0 Å². The number of fused-ring (bicyclic) bond motifs is 1. The van der Waals surface area contributed by atoms with Crippen LogP contribution in [0.1, 0.15) is 25.1 Å². The molecule has 0 aliphatic carbocycles. The van der Waals surface area contributed by atoms with Crippen molar-refractivity contribution in [3.8, 4) is 0 Å². The average molecular weight is 259 g/mol. The molecule has 0 unspecified atom stereocenters. The Morgan fingerprint density at radius 3 is 2.53 bits per heavy atom. The summed E-state index contributed by atoms with van der Waals surface area (Å²) in [6.45, 7) is 5.92. The summed E-state index contributed by atoms with van der Waals surface area (Å²) in [4.78, 5) is 15.8. The van der Waals surface area contributed by atoms with E-state index in [1.165, 1.54) is 0 Å². The Hall–Kier alpha value is -1.81. The maximum Gasteiger partial charge on any atom is 0.244 e. The highest BCUT2D eigenvalue weighted by atomic mass is 16.2. The molecule has 0 fully saturated rings. The number of carbonyl (C=O) groups excluding carboxylic acids is 1. The van der Waals surface area contributed by atoms with Gasteiger partial charge in [0.1, 0.15) is 0 Å². The van der Waals surface area contributed by atoms with Crippen molar-refractivity contribution in [3.05, 3.63) is 35.5 Å². The predicted molar refractivity (Wildman–Crippen MR) is 77.9 cm³/mol. The Bertz CT molecular complexity index is 611. The van der Waals surface area contributed by atoms with Gasteiger partial charge in [-0.15, -0.1) is 0 Å². The van der Waals surface area contributed by atoms with Crippen LogP contribution in [0.3, 0.4) is 0 Å². The van der Waals surface area contributed by atoms with Gasteiger partial charge in [0, 0.05) is 30.7 Å². The van der Waals surface area contributed by atoms with Crippen molar-refractivity contribution in [2.75, 3.05) is 14.1 Å². The molecule has 1 heterocycles. The standard InChI is InChI=1S/C15H21N3O/c1-10-13(11-8-6-7-9-12(11)16-10)15(2,3)14(19)17-18(4)5/h6-9,16H,1-5H3,(H,17,19). The van der Waals surface area contributed by atoms with E-state index < -0.39 is 5.41 Å². The lowest BCUT2D eigenvalue weighted by Crippen LogP contribution is -2.46. The molecule has 0 saturated carbocycles. The third-order valence-electron chi connectivity index (χ3n) is 3.41. The van der Waals surface area contributed by atoms with Gasteiger partial charge in [-0.05, 0) is 32.4 Å². The Labute approximate surface area is 113 Å². The molecule has 2 rings (SSSR count). The highest BCUT2D eigenvalue weighted by Crippen LogP contribution is 2.33. The van der Waals surface area contributed by atoms with Crippen LogP contribution >= 0.6 is 0 Å². The first-order valence-electron chi connectivity index (χ1n) is 6.40. The van der Waals surface area contributed by atoms with E-state index in [1.807, 2.05) is 53.1 Å². The second kappa shape index (κ2) is 4.70. The average Bonchev–Trinajstić information content (AvgIpc) is 2.64. The number of aryl methyl sites for hydroxylation is 1. The number of nitrogens with zero attached hydrogens (tertiary/aromatic N) is 1. The summed E-state index contributed by atoms with van der Waals surface area (Å²) in [6.07, 6.45) is 0. The van der Waals surface area contributed by atoms with Crippen molar-refractivity contribution in [2.24, 2.45) is 0 Å². The van der Waals surface area contributed by atoms with E-state index in [1.54, 1.807) is 5.01 Å². The molecule has 2 aromatic rings. The lowest BCUT2D eigenvalue weighted by Gasteiger charge is -2.26. The minimum atomic E-state index is -0.589. The molecule has 0 spiro atoms. The first-order chi connectivity index (χ1) is 8.84. The van der Waals surface area contributed by atoms with Gasteiger partial charge in [0.15, 0.2) is 0 Å². The van der Waals surface area contributed by atoms with Gasteiger partial charge in [-0.25, -0.2) is 5.01 Å². The number of amides is 1. The number of para-hydroxylation sites is 1. The quantitative estimate of drug-likeness (QED) is 0.831. The van der Waals surface area contributed by atoms with Crippen LogP contribution in [-0.2, 0) is 10.2 Å². The van der Waals surface area contributed by atoms with Crippen LogP contribution in [-0.4, -0.2) is 30.0 Å². The van der Waals surface area contributed by atoms with Crippen molar-refractivity contribution >= 4 is 16.8 Å². The minimum absolute atomic E-state index is 0.00893. The minimum Gasteiger partial charge on any atom is -0.358 e. The van der Waals surface area contributed by atoms with Gasteiger partial charge >= 0.3 is 0 Å². The van der Waals surface area contributed by atoms with E-state index >= 15 is 0 Å². The molecule has 4 nitrogen and oxygen atoms in total. The van der Waals surface area contributed by atoms with Crippen LogP contribution < -0.4 is 5.43 Å². The van der Waals surface area contributed by atoms with E-state index in [2.05, 4.69) is 16.5 Å². The normalized spacial score (nSPS) is 12.1. The predicted octanol–water partition coefficient (Wildman–Crippen LogP) is 2.35. The molecule has 0 radical (unpaired) electrons. The summed E-state index contributed by atoms with van der Waals surface area (Å²) in [5.74, 6) is -0.00893. The molecule has 0 aliphatic rings. The fourth-order valence-electron chi connectivity index (χ4n) is 2.54. The fraction of sp³-hybridized carbons (Fsp3) is 0.400. The van der Waals surface area contributed by atoms with E-state index in [0.29, 0.717) is 0 Å². The smallest absolute Gasteiger partial charge is 0.244 e. The second-order valence-corrected chi connectivity index (χ2v) is 5.63. The molecule has 4 heteroatoms. The van der Waals surface area contributed by atoms with Crippen LogP contribution in [0, 0.1) is 6.92 Å². The highest BCUT2D eigenvalue weighted by molar-refractivity contribution is 5.95. The van der Waals surface area contributed by atoms with Crippen LogP contribution in [0.15, 0.2) is 24.3 Å². The SMILES string of the molecule is Cc1[nH]c2ccccc2c1C(C)(C)C(=O)NN(C)C. The Morgan fingerprint density at radius 1 is 1.26 bits per heavy atom. The van der Waals surface area contributed by atoms with Crippen LogP contribution in [0.25, 0.3) is 10.9 Å². The summed E-state index contributed by atoms with van der Waals surface area (Å²) in [5.41, 5.74) is 5.42. The molecular formula is C15H21N3O. The highest BCUT2D eigenvalue weighted by Gasteiger charge is 2.34. The number of hydrogen-bond donors (Lipinski definition) is 2. The first kappa shape index (κ1) is 13.6. The van der Waals surface area contributed by atoms with Crippen molar-refractivity contribution in [2.45, 2.75) is 26.2 Å². The molecule has 1 amide bonds. The number of benzene rings is 1. The molecule has 2 N–H and O–H groups in total. The summed E-state index contributed by atoms with van der Waals surface area (Å²) in [7, 11) is 3.63. The second-order valence-electron chi connectivity index (χ2n) is 5.63. The third kappa shape index (κ3) is 2.36. The number of carbonyl (C=O) groups is 1. The maximum atomic E-state index is 12.4. The lowest BCUT2D eigenvalue weighted by molar-refractivity contribution is -0.129. The van der Waals surface area contributed by atoms with Gasteiger partial charge in [0.05, 0.1) is 5.41 Å². The van der Waals surface area contributed by atoms with Gasteiger partial charge in [-0.2, -0.15) is 0 Å². The Balaban J connectivity index is 2.53.